The molecule has 0 saturated carbocycles. The molecular weight excluding hydrogens is 226 g/mol. The number of rotatable bonds is 3. The van der Waals surface area contributed by atoms with E-state index in [0.717, 1.165) is 0 Å². The van der Waals surface area contributed by atoms with Crippen LogP contribution in [0.25, 0.3) is 0 Å². The van der Waals surface area contributed by atoms with Crippen molar-refractivity contribution in [1.82, 2.24) is 25.6 Å². The SMILES string of the molecule is Cc1nc(C(=O)N[C@@H](C)c2noc(C)n2)no1. The van der Waals surface area contributed by atoms with E-state index in [0.29, 0.717) is 17.6 Å². The second-order valence-corrected chi connectivity index (χ2v) is 3.50. The quantitative estimate of drug-likeness (QED) is 0.830. The van der Waals surface area contributed by atoms with Crippen LogP contribution in [-0.2, 0) is 0 Å². The highest BCUT2D eigenvalue weighted by molar-refractivity contribution is 5.90. The van der Waals surface area contributed by atoms with Crippen molar-refractivity contribution in [3.05, 3.63) is 23.4 Å². The molecule has 0 radical (unpaired) electrons. The molecule has 1 N–H and O–H groups in total. The standard InChI is InChI=1S/C9H11N5O3/c1-4(7-11-5(2)16-13-7)10-9(15)8-12-6(3)17-14-8/h4H,1-3H3,(H,10,15)/t4-/m0/s1. The first-order chi connectivity index (χ1) is 8.06. The number of nitrogens with zero attached hydrogens (tertiary/aromatic N) is 4. The zero-order valence-corrected chi connectivity index (χ0v) is 9.59. The maximum atomic E-state index is 11.7. The van der Waals surface area contributed by atoms with Gasteiger partial charge in [0.25, 0.3) is 11.7 Å². The fraction of sp³-hybridized carbons (Fsp3) is 0.444. The molecule has 2 aromatic rings. The van der Waals surface area contributed by atoms with E-state index in [2.05, 4.69) is 25.6 Å². The van der Waals surface area contributed by atoms with Gasteiger partial charge in [-0.05, 0) is 6.92 Å². The first kappa shape index (κ1) is 11.2. The molecule has 8 nitrogen and oxygen atoms in total. The van der Waals surface area contributed by atoms with Crippen LogP contribution in [0.5, 0.6) is 0 Å². The maximum Gasteiger partial charge on any atom is 0.293 e. The number of aromatic nitrogens is 4. The van der Waals surface area contributed by atoms with Gasteiger partial charge in [-0.3, -0.25) is 4.79 Å². The molecule has 1 amide bonds. The fourth-order valence-electron chi connectivity index (χ4n) is 1.21. The lowest BCUT2D eigenvalue weighted by molar-refractivity contribution is 0.0924. The Morgan fingerprint density at radius 1 is 1.18 bits per heavy atom. The van der Waals surface area contributed by atoms with Crippen LogP contribution in [0.3, 0.4) is 0 Å². The molecule has 0 spiro atoms. The molecule has 0 saturated heterocycles. The van der Waals surface area contributed by atoms with E-state index in [1.807, 2.05) is 0 Å². The molecule has 0 aliphatic carbocycles. The predicted molar refractivity (Wildman–Crippen MR) is 54.0 cm³/mol. The Labute approximate surface area is 96.4 Å². The zero-order valence-electron chi connectivity index (χ0n) is 9.59. The number of carbonyl (C=O) groups excluding carboxylic acids is 1. The van der Waals surface area contributed by atoms with Crippen LogP contribution >= 0.6 is 0 Å². The van der Waals surface area contributed by atoms with Gasteiger partial charge in [0.1, 0.15) is 0 Å². The molecule has 90 valence electrons. The van der Waals surface area contributed by atoms with Crippen LogP contribution in [0.4, 0.5) is 0 Å². The fourth-order valence-corrected chi connectivity index (χ4v) is 1.21. The Morgan fingerprint density at radius 2 is 1.82 bits per heavy atom. The Balaban J connectivity index is 2.04. The first-order valence-corrected chi connectivity index (χ1v) is 4.97. The van der Waals surface area contributed by atoms with Gasteiger partial charge in [-0.2, -0.15) is 9.97 Å². The summed E-state index contributed by atoms with van der Waals surface area (Å²) in [6.45, 7) is 5.01. The maximum absolute atomic E-state index is 11.7. The van der Waals surface area contributed by atoms with Gasteiger partial charge in [0.15, 0.2) is 5.82 Å². The number of aryl methyl sites for hydroxylation is 2. The largest absolute Gasteiger partial charge is 0.340 e. The van der Waals surface area contributed by atoms with E-state index in [1.54, 1.807) is 20.8 Å². The van der Waals surface area contributed by atoms with Crippen molar-refractivity contribution in [2.24, 2.45) is 0 Å². The smallest absolute Gasteiger partial charge is 0.293 e. The molecule has 2 aromatic heterocycles. The molecule has 1 atom stereocenters. The van der Waals surface area contributed by atoms with Crippen molar-refractivity contribution in [2.45, 2.75) is 26.8 Å². The summed E-state index contributed by atoms with van der Waals surface area (Å²) >= 11 is 0. The van der Waals surface area contributed by atoms with Crippen LogP contribution in [-0.4, -0.2) is 26.2 Å². The van der Waals surface area contributed by atoms with Crippen LogP contribution in [0.1, 0.15) is 41.2 Å². The Kier molecular flexibility index (Phi) is 2.86. The molecule has 0 aromatic carbocycles. The van der Waals surface area contributed by atoms with E-state index < -0.39 is 11.9 Å². The monoisotopic (exact) mass is 237 g/mol. The Bertz CT molecular complexity index is 532. The molecule has 17 heavy (non-hydrogen) atoms. The van der Waals surface area contributed by atoms with Crippen LogP contribution in [0.2, 0.25) is 0 Å². The van der Waals surface area contributed by atoms with E-state index in [9.17, 15) is 4.79 Å². The minimum atomic E-state index is -0.447. The second-order valence-electron chi connectivity index (χ2n) is 3.50. The van der Waals surface area contributed by atoms with Crippen molar-refractivity contribution in [2.75, 3.05) is 0 Å². The number of amides is 1. The normalized spacial score (nSPS) is 12.4. The van der Waals surface area contributed by atoms with Crippen molar-refractivity contribution in [1.29, 1.82) is 0 Å². The number of carbonyl (C=O) groups is 1. The van der Waals surface area contributed by atoms with Gasteiger partial charge in [-0.25, -0.2) is 0 Å². The topological polar surface area (TPSA) is 107 Å². The minimum Gasteiger partial charge on any atom is -0.340 e. The van der Waals surface area contributed by atoms with Gasteiger partial charge in [-0.15, -0.1) is 0 Å². The highest BCUT2D eigenvalue weighted by atomic mass is 16.5. The average Bonchev–Trinajstić information content (AvgIpc) is 2.87. The van der Waals surface area contributed by atoms with E-state index in [4.69, 9.17) is 9.05 Å². The number of nitrogens with one attached hydrogen (secondary N) is 1. The van der Waals surface area contributed by atoms with Gasteiger partial charge in [0, 0.05) is 13.8 Å². The van der Waals surface area contributed by atoms with Crippen molar-refractivity contribution in [3.8, 4) is 0 Å². The molecule has 2 rings (SSSR count). The zero-order chi connectivity index (χ0) is 12.4. The van der Waals surface area contributed by atoms with Crippen molar-refractivity contribution in [3.63, 3.8) is 0 Å². The minimum absolute atomic E-state index is 0.0189. The highest BCUT2D eigenvalue weighted by Crippen LogP contribution is 2.08. The van der Waals surface area contributed by atoms with Crippen LogP contribution in [0.15, 0.2) is 9.05 Å². The molecule has 0 bridgehead atoms. The van der Waals surface area contributed by atoms with Gasteiger partial charge < -0.3 is 14.4 Å². The molecule has 0 fully saturated rings. The Morgan fingerprint density at radius 3 is 2.35 bits per heavy atom. The summed E-state index contributed by atoms with van der Waals surface area (Å²) in [5.74, 6) is 0.706. The van der Waals surface area contributed by atoms with Gasteiger partial charge in [0.2, 0.25) is 11.8 Å². The van der Waals surface area contributed by atoms with Gasteiger partial charge in [0.05, 0.1) is 6.04 Å². The molecule has 0 aliphatic rings. The Hall–Kier alpha value is -2.25. The van der Waals surface area contributed by atoms with E-state index in [-0.39, 0.29) is 5.82 Å². The molecule has 8 heteroatoms. The summed E-state index contributed by atoms with van der Waals surface area (Å²) in [5, 5.41) is 9.84. The second kappa shape index (κ2) is 4.32. The molecule has 2 heterocycles. The van der Waals surface area contributed by atoms with Crippen LogP contribution < -0.4 is 5.32 Å². The molecule has 0 aliphatic heterocycles. The lowest BCUT2D eigenvalue weighted by atomic mass is 10.3. The third-order valence-electron chi connectivity index (χ3n) is 2.01. The van der Waals surface area contributed by atoms with Crippen LogP contribution in [0, 0.1) is 13.8 Å². The summed E-state index contributed by atoms with van der Waals surface area (Å²) < 4.78 is 9.52. The lowest BCUT2D eigenvalue weighted by Gasteiger charge is -2.06. The number of hydrogen-bond donors (Lipinski definition) is 1. The summed E-state index contributed by atoms with van der Waals surface area (Å²) in [6, 6.07) is -0.390. The molecule has 0 unspecified atom stereocenters. The van der Waals surface area contributed by atoms with E-state index >= 15 is 0 Å². The van der Waals surface area contributed by atoms with E-state index in [1.165, 1.54) is 0 Å². The molecular formula is C9H11N5O3. The summed E-state index contributed by atoms with van der Waals surface area (Å²) in [4.78, 5) is 19.5. The summed E-state index contributed by atoms with van der Waals surface area (Å²) in [6.07, 6.45) is 0. The van der Waals surface area contributed by atoms with Crippen molar-refractivity contribution >= 4 is 5.91 Å². The average molecular weight is 237 g/mol. The third kappa shape index (κ3) is 2.47. The first-order valence-electron chi connectivity index (χ1n) is 4.97. The van der Waals surface area contributed by atoms with Gasteiger partial charge in [-0.1, -0.05) is 10.3 Å². The summed E-state index contributed by atoms with van der Waals surface area (Å²) in [5.41, 5.74) is 0. The van der Waals surface area contributed by atoms with Gasteiger partial charge >= 0.3 is 0 Å². The summed E-state index contributed by atoms with van der Waals surface area (Å²) in [7, 11) is 0. The highest BCUT2D eigenvalue weighted by Gasteiger charge is 2.19. The third-order valence-corrected chi connectivity index (χ3v) is 2.01. The predicted octanol–water partition coefficient (Wildman–Crippen LogP) is 0.560. The number of hydrogen-bond acceptors (Lipinski definition) is 7. The van der Waals surface area contributed by atoms with Crippen molar-refractivity contribution < 1.29 is 13.8 Å². The lowest BCUT2D eigenvalue weighted by Crippen LogP contribution is -2.28.